The molecule has 0 atom stereocenters. The molecule has 0 aromatic rings. The monoisotopic (exact) mass is 209 g/mol. The van der Waals surface area contributed by atoms with Gasteiger partial charge in [0, 0.05) is 19.5 Å². The molecule has 0 radical (unpaired) electrons. The van der Waals surface area contributed by atoms with Gasteiger partial charge in [0.15, 0.2) is 5.78 Å². The number of hydrogen-bond acceptors (Lipinski definition) is 2. The number of piperidine rings is 1. The van der Waals surface area contributed by atoms with Crippen LogP contribution in [0.25, 0.3) is 0 Å². The Morgan fingerprint density at radius 3 is 2.47 bits per heavy atom. The fourth-order valence-electron chi connectivity index (χ4n) is 2.37. The largest absolute Gasteiger partial charge is 0.465 e. The van der Waals surface area contributed by atoms with Gasteiger partial charge in [-0.15, -0.1) is 0 Å². The summed E-state index contributed by atoms with van der Waals surface area (Å²) in [6.07, 6.45) is 6.03. The summed E-state index contributed by atoms with van der Waals surface area (Å²) in [5.74, 6) is 0.196. The van der Waals surface area contributed by atoms with Crippen LogP contribution in [0.5, 0.6) is 0 Å². The van der Waals surface area contributed by atoms with Gasteiger partial charge in [0.25, 0.3) is 0 Å². The lowest BCUT2D eigenvalue weighted by Gasteiger charge is -2.40. The van der Waals surface area contributed by atoms with Crippen LogP contribution in [0, 0.1) is 5.41 Å². The third kappa shape index (κ3) is 2.03. The van der Waals surface area contributed by atoms with Crippen LogP contribution < -0.4 is 0 Å². The van der Waals surface area contributed by atoms with E-state index in [9.17, 15) is 9.59 Å². The molecule has 4 nitrogen and oxygen atoms in total. The zero-order valence-electron chi connectivity index (χ0n) is 8.61. The van der Waals surface area contributed by atoms with E-state index in [4.69, 9.17) is 5.11 Å². The Morgan fingerprint density at radius 1 is 1.33 bits per heavy atom. The molecule has 1 aliphatic heterocycles. The van der Waals surface area contributed by atoms with Crippen molar-refractivity contribution in [3.05, 3.63) is 12.2 Å². The molecule has 1 fully saturated rings. The van der Waals surface area contributed by atoms with Crippen molar-refractivity contribution in [1.82, 2.24) is 4.90 Å². The molecule has 1 heterocycles. The molecule has 2 rings (SSSR count). The second kappa shape index (κ2) is 3.68. The molecular weight excluding hydrogens is 194 g/mol. The number of nitrogens with zero attached hydrogens (tertiary/aromatic N) is 1. The summed E-state index contributed by atoms with van der Waals surface area (Å²) in [5, 5.41) is 8.82. The summed E-state index contributed by atoms with van der Waals surface area (Å²) in [4.78, 5) is 23.3. The lowest BCUT2D eigenvalue weighted by atomic mass is 9.72. The Morgan fingerprint density at radius 2 is 2.00 bits per heavy atom. The second-order valence-electron chi connectivity index (χ2n) is 4.43. The lowest BCUT2D eigenvalue weighted by Crippen LogP contribution is -2.42. The molecule has 1 N–H and O–H groups in total. The molecule has 0 aromatic heterocycles. The molecule has 1 aliphatic carbocycles. The fraction of sp³-hybridized carbons (Fsp3) is 0.636. The number of amides is 1. The molecule has 82 valence electrons. The van der Waals surface area contributed by atoms with Crippen LogP contribution in [-0.2, 0) is 4.79 Å². The molecule has 0 aromatic carbocycles. The van der Waals surface area contributed by atoms with Crippen molar-refractivity contribution in [1.29, 1.82) is 0 Å². The zero-order chi connectivity index (χ0) is 10.9. The molecule has 15 heavy (non-hydrogen) atoms. The molecule has 1 amide bonds. The van der Waals surface area contributed by atoms with Crippen LogP contribution >= 0.6 is 0 Å². The van der Waals surface area contributed by atoms with Crippen LogP contribution in [0.1, 0.15) is 25.7 Å². The summed E-state index contributed by atoms with van der Waals surface area (Å²) in [5.41, 5.74) is 0.0971. The molecule has 0 bridgehead atoms. The predicted octanol–water partition coefficient (Wildman–Crippen LogP) is 1.67. The van der Waals surface area contributed by atoms with Gasteiger partial charge in [-0.3, -0.25) is 4.79 Å². The summed E-state index contributed by atoms with van der Waals surface area (Å²) >= 11 is 0. The maximum Gasteiger partial charge on any atom is 0.407 e. The van der Waals surface area contributed by atoms with Crippen LogP contribution in [0.15, 0.2) is 12.2 Å². The van der Waals surface area contributed by atoms with E-state index < -0.39 is 6.09 Å². The van der Waals surface area contributed by atoms with Gasteiger partial charge in [0.1, 0.15) is 0 Å². The van der Waals surface area contributed by atoms with E-state index in [1.165, 1.54) is 4.90 Å². The summed E-state index contributed by atoms with van der Waals surface area (Å²) in [6, 6.07) is 0. The lowest BCUT2D eigenvalue weighted by molar-refractivity contribution is -0.115. The highest BCUT2D eigenvalue weighted by atomic mass is 16.4. The third-order valence-electron chi connectivity index (χ3n) is 3.52. The van der Waals surface area contributed by atoms with Crippen LogP contribution in [0.4, 0.5) is 4.79 Å². The molecular formula is C11H15NO3. The maximum atomic E-state index is 11.1. The average Bonchev–Trinajstić information content (AvgIpc) is 2.24. The van der Waals surface area contributed by atoms with Gasteiger partial charge >= 0.3 is 6.09 Å². The first kappa shape index (κ1) is 10.2. The van der Waals surface area contributed by atoms with E-state index in [-0.39, 0.29) is 11.2 Å². The van der Waals surface area contributed by atoms with Gasteiger partial charge in [-0.05, 0) is 30.8 Å². The standard InChI is InChI=1S/C11H15NO3/c13-9-1-3-11(4-2-9)5-7-12(8-6-11)10(14)15/h1,3H,2,4-8H2,(H,14,15). The first-order chi connectivity index (χ1) is 7.11. The third-order valence-corrected chi connectivity index (χ3v) is 3.52. The summed E-state index contributed by atoms with van der Waals surface area (Å²) < 4.78 is 0. The molecule has 4 heteroatoms. The fourth-order valence-corrected chi connectivity index (χ4v) is 2.37. The second-order valence-corrected chi connectivity index (χ2v) is 4.43. The van der Waals surface area contributed by atoms with E-state index in [1.54, 1.807) is 6.08 Å². The minimum absolute atomic E-state index is 0.0971. The number of rotatable bonds is 0. The quantitative estimate of drug-likeness (QED) is 0.660. The molecule has 1 spiro atoms. The van der Waals surface area contributed by atoms with Gasteiger partial charge in [0.2, 0.25) is 0 Å². The molecule has 2 aliphatic rings. The maximum absolute atomic E-state index is 11.1. The van der Waals surface area contributed by atoms with E-state index >= 15 is 0 Å². The average molecular weight is 209 g/mol. The number of carboxylic acid groups (broad SMARTS) is 1. The van der Waals surface area contributed by atoms with Crippen molar-refractivity contribution >= 4 is 11.9 Å². The van der Waals surface area contributed by atoms with Gasteiger partial charge in [-0.2, -0.15) is 0 Å². The van der Waals surface area contributed by atoms with Crippen LogP contribution in [0.3, 0.4) is 0 Å². The Kier molecular flexibility index (Phi) is 2.50. The summed E-state index contributed by atoms with van der Waals surface area (Å²) in [6.45, 7) is 1.18. The number of carbonyl (C=O) groups is 2. The summed E-state index contributed by atoms with van der Waals surface area (Å²) in [7, 11) is 0. The van der Waals surface area contributed by atoms with Gasteiger partial charge in [0.05, 0.1) is 0 Å². The minimum atomic E-state index is -0.833. The van der Waals surface area contributed by atoms with Gasteiger partial charge in [-0.1, -0.05) is 6.08 Å². The predicted molar refractivity (Wildman–Crippen MR) is 54.6 cm³/mol. The van der Waals surface area contributed by atoms with E-state index in [0.717, 1.165) is 19.3 Å². The van der Waals surface area contributed by atoms with Crippen molar-refractivity contribution in [2.75, 3.05) is 13.1 Å². The van der Waals surface area contributed by atoms with Gasteiger partial charge < -0.3 is 10.0 Å². The molecule has 1 saturated heterocycles. The molecule has 0 unspecified atom stereocenters. The Hall–Kier alpha value is -1.32. The highest BCUT2D eigenvalue weighted by molar-refractivity contribution is 5.90. The smallest absolute Gasteiger partial charge is 0.407 e. The highest BCUT2D eigenvalue weighted by Crippen LogP contribution is 2.39. The number of ketones is 1. The molecule has 0 saturated carbocycles. The Bertz CT molecular complexity index is 314. The van der Waals surface area contributed by atoms with Crippen molar-refractivity contribution < 1.29 is 14.7 Å². The van der Waals surface area contributed by atoms with Gasteiger partial charge in [-0.25, -0.2) is 4.79 Å². The Balaban J connectivity index is 2.00. The number of allylic oxidation sites excluding steroid dienone is 2. The normalized spacial score (nSPS) is 24.5. The number of likely N-dealkylation sites (tertiary alicyclic amines) is 1. The highest BCUT2D eigenvalue weighted by Gasteiger charge is 2.35. The van der Waals surface area contributed by atoms with E-state index in [0.29, 0.717) is 19.5 Å². The van der Waals surface area contributed by atoms with E-state index in [2.05, 4.69) is 0 Å². The number of hydrogen-bond donors (Lipinski definition) is 1. The Labute approximate surface area is 88.6 Å². The first-order valence-electron chi connectivity index (χ1n) is 5.31. The number of carbonyl (C=O) groups excluding carboxylic acids is 1. The van der Waals surface area contributed by atoms with Crippen LogP contribution in [0.2, 0.25) is 0 Å². The van der Waals surface area contributed by atoms with Crippen molar-refractivity contribution in [3.63, 3.8) is 0 Å². The van der Waals surface area contributed by atoms with Crippen LogP contribution in [-0.4, -0.2) is 35.0 Å². The van der Waals surface area contributed by atoms with E-state index in [1.807, 2.05) is 6.08 Å². The first-order valence-corrected chi connectivity index (χ1v) is 5.31. The van der Waals surface area contributed by atoms with Crippen molar-refractivity contribution in [3.8, 4) is 0 Å². The topological polar surface area (TPSA) is 57.6 Å². The SMILES string of the molecule is O=C1C=CC2(CC1)CCN(C(=O)O)CC2. The minimum Gasteiger partial charge on any atom is -0.465 e. The van der Waals surface area contributed by atoms with Crippen molar-refractivity contribution in [2.45, 2.75) is 25.7 Å². The zero-order valence-corrected chi connectivity index (χ0v) is 8.61. The van der Waals surface area contributed by atoms with Crippen molar-refractivity contribution in [2.24, 2.45) is 5.41 Å².